The molecule has 0 heterocycles. The van der Waals surface area contributed by atoms with Crippen LogP contribution < -0.4 is 0 Å². The lowest BCUT2D eigenvalue weighted by atomic mass is 10.1. The molecule has 1 atom stereocenters. The Morgan fingerprint density at radius 2 is 0.506 bits per heavy atom. The zero-order valence-electron chi connectivity index (χ0n) is 49.7. The quantitative estimate of drug-likeness (QED) is 0.0261. The predicted octanol–water partition coefficient (Wildman–Crippen LogP) is 21.5. The van der Waals surface area contributed by atoms with Crippen molar-refractivity contribution in [3.63, 3.8) is 0 Å². The third-order valence-electron chi connectivity index (χ3n) is 12.8. The Bertz CT molecular complexity index is 1700. The molecule has 0 saturated carbocycles. The Labute approximate surface area is 474 Å². The Balaban J connectivity index is 4.45. The van der Waals surface area contributed by atoms with Crippen LogP contribution in [0.4, 0.5) is 0 Å². The van der Waals surface area contributed by atoms with Crippen molar-refractivity contribution in [1.29, 1.82) is 0 Å². The van der Waals surface area contributed by atoms with Crippen LogP contribution in [0.3, 0.4) is 0 Å². The summed E-state index contributed by atoms with van der Waals surface area (Å²) in [6, 6.07) is 0. The molecular weight excluding hydrogens is 949 g/mol. The van der Waals surface area contributed by atoms with Crippen molar-refractivity contribution in [3.8, 4) is 0 Å². The van der Waals surface area contributed by atoms with Crippen molar-refractivity contribution in [2.75, 3.05) is 13.2 Å². The molecule has 1 unspecified atom stereocenters. The van der Waals surface area contributed by atoms with Crippen molar-refractivity contribution in [2.24, 2.45) is 0 Å². The highest BCUT2D eigenvalue weighted by atomic mass is 16.6. The summed E-state index contributed by atoms with van der Waals surface area (Å²) in [4.78, 5) is 38.3. The third kappa shape index (κ3) is 62.0. The second kappa shape index (κ2) is 63.8. The Morgan fingerprint density at radius 1 is 0.273 bits per heavy atom. The van der Waals surface area contributed by atoms with E-state index in [0.29, 0.717) is 19.3 Å². The summed E-state index contributed by atoms with van der Waals surface area (Å²) < 4.78 is 16.9. The fourth-order valence-corrected chi connectivity index (χ4v) is 8.17. The van der Waals surface area contributed by atoms with E-state index in [1.54, 1.807) is 0 Å². The van der Waals surface area contributed by atoms with Gasteiger partial charge >= 0.3 is 17.9 Å². The molecule has 0 spiro atoms. The maximum absolute atomic E-state index is 12.9. The molecule has 0 aromatic heterocycles. The molecule has 0 radical (unpaired) electrons. The molecule has 0 aromatic carbocycles. The highest BCUT2D eigenvalue weighted by Crippen LogP contribution is 2.14. The minimum Gasteiger partial charge on any atom is -0.462 e. The van der Waals surface area contributed by atoms with Gasteiger partial charge in [0.25, 0.3) is 0 Å². The number of ether oxygens (including phenoxy) is 3. The zero-order valence-corrected chi connectivity index (χ0v) is 49.7. The van der Waals surface area contributed by atoms with Crippen molar-refractivity contribution in [3.05, 3.63) is 146 Å². The molecule has 6 nitrogen and oxygen atoms in total. The summed E-state index contributed by atoms with van der Waals surface area (Å²) in [5, 5.41) is 0. The molecule has 0 aliphatic rings. The lowest BCUT2D eigenvalue weighted by molar-refractivity contribution is -0.167. The number of unbranched alkanes of at least 4 members (excludes halogenated alkanes) is 20. The van der Waals surface area contributed by atoms with Gasteiger partial charge in [0.15, 0.2) is 6.10 Å². The van der Waals surface area contributed by atoms with E-state index in [0.717, 1.165) is 141 Å². The van der Waals surface area contributed by atoms with Crippen LogP contribution in [0, 0.1) is 0 Å². The van der Waals surface area contributed by atoms with E-state index in [1.165, 1.54) is 77.0 Å². The number of rotatable bonds is 55. The number of carbonyl (C=O) groups excluding carboxylic acids is 3. The molecule has 0 saturated heterocycles. The number of esters is 3. The van der Waals surface area contributed by atoms with Crippen LogP contribution in [-0.2, 0) is 28.6 Å². The zero-order chi connectivity index (χ0) is 55.7. The fourth-order valence-electron chi connectivity index (χ4n) is 8.17. The van der Waals surface area contributed by atoms with Gasteiger partial charge in [0.05, 0.1) is 0 Å². The monoisotopic (exact) mass is 1060 g/mol. The Kier molecular flexibility index (Phi) is 59.9. The smallest absolute Gasteiger partial charge is 0.306 e. The summed E-state index contributed by atoms with van der Waals surface area (Å²) in [7, 11) is 0. The molecule has 0 aromatic rings. The molecule has 0 rings (SSSR count). The van der Waals surface area contributed by atoms with E-state index in [9.17, 15) is 14.4 Å². The normalized spacial score (nSPS) is 13.1. The minimum atomic E-state index is -0.814. The summed E-state index contributed by atoms with van der Waals surface area (Å²) in [5.41, 5.74) is 0. The van der Waals surface area contributed by atoms with Gasteiger partial charge in [0.1, 0.15) is 13.2 Å². The largest absolute Gasteiger partial charge is 0.462 e. The molecule has 0 aliphatic carbocycles. The highest BCUT2D eigenvalue weighted by Gasteiger charge is 2.19. The Hall–Kier alpha value is -4.71. The molecule has 0 aliphatic heterocycles. The van der Waals surface area contributed by atoms with Crippen LogP contribution in [0.15, 0.2) is 146 Å². The van der Waals surface area contributed by atoms with Crippen LogP contribution in [0.25, 0.3) is 0 Å². The lowest BCUT2D eigenvalue weighted by Gasteiger charge is -2.18. The van der Waals surface area contributed by atoms with Crippen LogP contribution in [0.5, 0.6) is 0 Å². The average molecular weight is 1060 g/mol. The van der Waals surface area contributed by atoms with Crippen LogP contribution >= 0.6 is 0 Å². The summed E-state index contributed by atoms with van der Waals surface area (Å²) in [6.45, 7) is 6.35. The van der Waals surface area contributed by atoms with E-state index in [-0.39, 0.29) is 37.5 Å². The number of hydrogen-bond acceptors (Lipinski definition) is 6. The third-order valence-corrected chi connectivity index (χ3v) is 12.8. The summed E-state index contributed by atoms with van der Waals surface area (Å²) in [5.74, 6) is -0.966. The van der Waals surface area contributed by atoms with E-state index in [1.807, 2.05) is 0 Å². The highest BCUT2D eigenvalue weighted by molar-refractivity contribution is 5.71. The van der Waals surface area contributed by atoms with Crippen LogP contribution in [0.1, 0.15) is 265 Å². The first-order valence-electron chi connectivity index (χ1n) is 31.3. The first-order chi connectivity index (χ1) is 38.0. The molecule has 0 bridgehead atoms. The molecule has 0 amide bonds. The summed E-state index contributed by atoms with van der Waals surface area (Å²) in [6.07, 6.45) is 91.3. The van der Waals surface area contributed by atoms with Crippen molar-refractivity contribution in [2.45, 2.75) is 271 Å². The van der Waals surface area contributed by atoms with Crippen molar-refractivity contribution >= 4 is 17.9 Å². The van der Waals surface area contributed by atoms with Crippen molar-refractivity contribution in [1.82, 2.24) is 0 Å². The molecule has 77 heavy (non-hydrogen) atoms. The van der Waals surface area contributed by atoms with E-state index in [4.69, 9.17) is 14.2 Å². The standard InChI is InChI=1S/C71H114O6/c1-4-7-10-13-16-19-22-25-27-29-31-33-34-35-36-38-39-41-43-46-49-52-55-58-61-64-70(73)76-67-68(66-75-69(72)63-60-57-54-51-48-45-24-21-18-15-12-9-6-3)77-71(74)65-62-59-56-53-50-47-44-42-40-37-32-30-28-26-23-20-17-14-11-8-5-2/h7-8,10-11,16-17,19-21,24-28,31-33,35-37,42,44,50,53,68H,4-6,9,12-15,18,22-23,29-30,34,38-41,43,45-49,51-52,54-67H2,1-3H3/b10-7-,11-8-,19-16-,20-17-,24-21-,27-25-,28-26-,33-31-,36-35-,37-32-,44-42-,53-50-. The van der Waals surface area contributed by atoms with Gasteiger partial charge in [-0.3, -0.25) is 14.4 Å². The number of carbonyl (C=O) groups is 3. The van der Waals surface area contributed by atoms with Gasteiger partial charge in [-0.25, -0.2) is 0 Å². The van der Waals surface area contributed by atoms with Gasteiger partial charge in [0.2, 0.25) is 0 Å². The number of hydrogen-bond donors (Lipinski definition) is 0. The molecule has 6 heteroatoms. The topological polar surface area (TPSA) is 78.9 Å². The maximum atomic E-state index is 12.9. The van der Waals surface area contributed by atoms with E-state index in [2.05, 4.69) is 167 Å². The SMILES string of the molecule is CC/C=C\C/C=C\C/C=C\C/C=C\C/C=C\C/C=C\CCCCC(=O)OC(COC(=O)CCCCCCC/C=C\CCCCCC)COC(=O)CCCCCCCCCCC/C=C\C/C=C\C/C=C\C/C=C\C/C=C\CC. The average Bonchev–Trinajstić information content (AvgIpc) is 3.43. The van der Waals surface area contributed by atoms with Crippen molar-refractivity contribution < 1.29 is 28.6 Å². The van der Waals surface area contributed by atoms with Gasteiger partial charge in [-0.05, 0) is 141 Å². The predicted molar refractivity (Wildman–Crippen MR) is 334 cm³/mol. The van der Waals surface area contributed by atoms with Gasteiger partial charge in [0, 0.05) is 19.3 Å². The van der Waals surface area contributed by atoms with Gasteiger partial charge in [-0.15, -0.1) is 0 Å². The molecular formula is C71H114O6. The first kappa shape index (κ1) is 72.3. The van der Waals surface area contributed by atoms with Gasteiger partial charge < -0.3 is 14.2 Å². The molecule has 434 valence electrons. The maximum Gasteiger partial charge on any atom is 0.306 e. The summed E-state index contributed by atoms with van der Waals surface area (Å²) >= 11 is 0. The second-order valence-corrected chi connectivity index (χ2v) is 20.2. The number of allylic oxidation sites excluding steroid dienone is 24. The van der Waals surface area contributed by atoms with E-state index >= 15 is 0 Å². The molecule has 0 N–H and O–H groups in total. The minimum absolute atomic E-state index is 0.106. The van der Waals surface area contributed by atoms with Crippen LogP contribution in [-0.4, -0.2) is 37.2 Å². The van der Waals surface area contributed by atoms with Crippen LogP contribution in [0.2, 0.25) is 0 Å². The second-order valence-electron chi connectivity index (χ2n) is 20.2. The lowest BCUT2D eigenvalue weighted by Crippen LogP contribution is -2.30. The fraction of sp³-hybridized carbons (Fsp3) is 0.620. The van der Waals surface area contributed by atoms with E-state index < -0.39 is 6.10 Å². The van der Waals surface area contributed by atoms with Gasteiger partial charge in [-0.2, -0.15) is 0 Å². The Morgan fingerprint density at radius 3 is 0.831 bits per heavy atom. The van der Waals surface area contributed by atoms with Gasteiger partial charge in [-0.1, -0.05) is 250 Å². The first-order valence-corrected chi connectivity index (χ1v) is 31.3. The molecule has 0 fully saturated rings.